The topological polar surface area (TPSA) is 56.9 Å². The van der Waals surface area contributed by atoms with E-state index < -0.39 is 0 Å². The average molecular weight is 473 g/mol. The van der Waals surface area contributed by atoms with Crippen LogP contribution in [0.15, 0.2) is 39.8 Å². The minimum Gasteiger partial charge on any atom is -0.366 e. The highest BCUT2D eigenvalue weighted by Gasteiger charge is 2.21. The summed E-state index contributed by atoms with van der Waals surface area (Å²) in [6.07, 6.45) is 0.857. The lowest BCUT2D eigenvalue weighted by atomic mass is 10.2. The number of benzene rings is 1. The van der Waals surface area contributed by atoms with Gasteiger partial charge in [-0.15, -0.1) is 24.0 Å². The summed E-state index contributed by atoms with van der Waals surface area (Å²) in [5, 5.41) is 7.30. The lowest BCUT2D eigenvalue weighted by molar-refractivity contribution is 0.355. The quantitative estimate of drug-likeness (QED) is 0.421. The van der Waals surface area contributed by atoms with Crippen molar-refractivity contribution in [3.63, 3.8) is 0 Å². The van der Waals surface area contributed by atoms with E-state index in [1.54, 1.807) is 13.1 Å². The summed E-state index contributed by atoms with van der Waals surface area (Å²) in [6, 6.07) is 8.87. The predicted octanol–water partition coefficient (Wildman–Crippen LogP) is 2.89. The number of nitrogens with zero attached hydrogens (tertiary/aromatic N) is 4. The van der Waals surface area contributed by atoms with E-state index in [0.717, 1.165) is 50.0 Å². The molecule has 0 unspecified atom stereocenters. The summed E-state index contributed by atoms with van der Waals surface area (Å²) in [6.45, 7) is 5.67. The SMILES string of the molecule is CCc1cc(CNC(=NC)N2CCN(c3ccccc3F)CC2)on1.I. The Morgan fingerprint density at radius 3 is 2.62 bits per heavy atom. The molecule has 142 valence electrons. The molecule has 0 aliphatic carbocycles. The number of aryl methyl sites for hydroxylation is 1. The Hall–Kier alpha value is -1.84. The summed E-state index contributed by atoms with van der Waals surface area (Å²) in [5.41, 5.74) is 1.61. The minimum atomic E-state index is -0.171. The van der Waals surface area contributed by atoms with Gasteiger partial charge in [0.15, 0.2) is 11.7 Å². The molecule has 1 N–H and O–H groups in total. The van der Waals surface area contributed by atoms with Crippen LogP contribution in [-0.2, 0) is 13.0 Å². The summed E-state index contributed by atoms with van der Waals surface area (Å²) < 4.78 is 19.2. The molecule has 1 saturated heterocycles. The van der Waals surface area contributed by atoms with Gasteiger partial charge in [-0.3, -0.25) is 4.99 Å². The zero-order valence-electron chi connectivity index (χ0n) is 15.1. The van der Waals surface area contributed by atoms with E-state index in [1.165, 1.54) is 6.07 Å². The van der Waals surface area contributed by atoms with E-state index in [9.17, 15) is 4.39 Å². The third-order valence-electron chi connectivity index (χ3n) is 4.37. The van der Waals surface area contributed by atoms with Gasteiger partial charge in [-0.05, 0) is 18.6 Å². The van der Waals surface area contributed by atoms with Crippen LogP contribution in [0.5, 0.6) is 0 Å². The smallest absolute Gasteiger partial charge is 0.194 e. The number of hydrogen-bond donors (Lipinski definition) is 1. The third-order valence-corrected chi connectivity index (χ3v) is 4.37. The number of aromatic nitrogens is 1. The van der Waals surface area contributed by atoms with Crippen molar-refractivity contribution in [3.05, 3.63) is 47.6 Å². The van der Waals surface area contributed by atoms with Gasteiger partial charge in [0.2, 0.25) is 0 Å². The Bertz CT molecular complexity index is 728. The molecule has 2 heterocycles. The Morgan fingerprint density at radius 1 is 1.27 bits per heavy atom. The van der Waals surface area contributed by atoms with Crippen molar-refractivity contribution in [2.24, 2.45) is 4.99 Å². The normalized spacial score (nSPS) is 15.0. The van der Waals surface area contributed by atoms with Gasteiger partial charge in [0, 0.05) is 39.3 Å². The van der Waals surface area contributed by atoms with Crippen LogP contribution in [0.25, 0.3) is 0 Å². The predicted molar refractivity (Wildman–Crippen MR) is 112 cm³/mol. The number of halogens is 2. The number of anilines is 1. The minimum absolute atomic E-state index is 0. The van der Waals surface area contributed by atoms with Crippen LogP contribution < -0.4 is 10.2 Å². The van der Waals surface area contributed by atoms with Crippen molar-refractivity contribution in [3.8, 4) is 0 Å². The fourth-order valence-electron chi connectivity index (χ4n) is 2.97. The van der Waals surface area contributed by atoms with Crippen LogP contribution in [0, 0.1) is 5.82 Å². The molecule has 0 spiro atoms. The molecule has 1 aliphatic heterocycles. The largest absolute Gasteiger partial charge is 0.366 e. The van der Waals surface area contributed by atoms with E-state index in [0.29, 0.717) is 12.2 Å². The van der Waals surface area contributed by atoms with Gasteiger partial charge in [0.05, 0.1) is 17.9 Å². The number of guanidine groups is 1. The van der Waals surface area contributed by atoms with Crippen molar-refractivity contribution in [2.75, 3.05) is 38.1 Å². The second-order valence-corrected chi connectivity index (χ2v) is 5.96. The first-order chi connectivity index (χ1) is 12.2. The lowest BCUT2D eigenvalue weighted by Crippen LogP contribution is -2.52. The Balaban J connectivity index is 0.00000243. The van der Waals surface area contributed by atoms with E-state index in [1.807, 2.05) is 25.1 Å². The first-order valence-corrected chi connectivity index (χ1v) is 8.60. The fourth-order valence-corrected chi connectivity index (χ4v) is 2.97. The van der Waals surface area contributed by atoms with Crippen LogP contribution in [0.2, 0.25) is 0 Å². The maximum Gasteiger partial charge on any atom is 0.194 e. The number of piperazine rings is 1. The maximum absolute atomic E-state index is 13.9. The maximum atomic E-state index is 13.9. The first-order valence-electron chi connectivity index (χ1n) is 8.60. The highest BCUT2D eigenvalue weighted by Crippen LogP contribution is 2.20. The zero-order chi connectivity index (χ0) is 17.6. The fraction of sp³-hybridized carbons (Fsp3) is 0.444. The van der Waals surface area contributed by atoms with Crippen molar-refractivity contribution in [1.82, 2.24) is 15.4 Å². The Morgan fingerprint density at radius 2 is 2.00 bits per heavy atom. The molecular weight excluding hydrogens is 448 g/mol. The monoisotopic (exact) mass is 473 g/mol. The third kappa shape index (κ3) is 4.87. The number of nitrogens with one attached hydrogen (secondary N) is 1. The summed E-state index contributed by atoms with van der Waals surface area (Å²) in [5.74, 6) is 1.45. The van der Waals surface area contributed by atoms with Gasteiger partial charge < -0.3 is 19.6 Å². The molecule has 1 aromatic heterocycles. The summed E-state index contributed by atoms with van der Waals surface area (Å²) >= 11 is 0. The zero-order valence-corrected chi connectivity index (χ0v) is 17.4. The molecule has 0 atom stereocenters. The van der Waals surface area contributed by atoms with Gasteiger partial charge >= 0.3 is 0 Å². The van der Waals surface area contributed by atoms with Gasteiger partial charge in [-0.2, -0.15) is 0 Å². The van der Waals surface area contributed by atoms with Crippen LogP contribution >= 0.6 is 24.0 Å². The van der Waals surface area contributed by atoms with Gasteiger partial charge in [0.25, 0.3) is 0 Å². The average Bonchev–Trinajstić information content (AvgIpc) is 3.11. The molecule has 1 aliphatic rings. The van der Waals surface area contributed by atoms with Gasteiger partial charge in [-0.25, -0.2) is 4.39 Å². The highest BCUT2D eigenvalue weighted by molar-refractivity contribution is 14.0. The molecular formula is C18H25FIN5O. The molecule has 6 nitrogen and oxygen atoms in total. The molecule has 3 rings (SSSR count). The standard InChI is InChI=1S/C18H24FN5O.HI/c1-3-14-12-15(25-22-14)13-21-18(20-2)24-10-8-23(9-11-24)17-7-5-4-6-16(17)19;/h4-7,12H,3,8-11,13H2,1-2H3,(H,20,21);1H. The molecule has 1 fully saturated rings. The molecule has 2 aromatic rings. The number of hydrogen-bond acceptors (Lipinski definition) is 4. The number of aliphatic imine (C=N–C) groups is 1. The van der Waals surface area contributed by atoms with Crippen LogP contribution in [0.1, 0.15) is 18.4 Å². The van der Waals surface area contributed by atoms with Crippen molar-refractivity contribution in [2.45, 2.75) is 19.9 Å². The van der Waals surface area contributed by atoms with Crippen molar-refractivity contribution < 1.29 is 8.91 Å². The van der Waals surface area contributed by atoms with E-state index in [-0.39, 0.29) is 29.8 Å². The van der Waals surface area contributed by atoms with Gasteiger partial charge in [0.1, 0.15) is 5.82 Å². The summed E-state index contributed by atoms with van der Waals surface area (Å²) in [4.78, 5) is 8.59. The number of rotatable bonds is 4. The van der Waals surface area contributed by atoms with Crippen molar-refractivity contribution in [1.29, 1.82) is 0 Å². The molecule has 0 saturated carbocycles. The Kier molecular flexibility index (Phi) is 7.67. The van der Waals surface area contributed by atoms with Crippen molar-refractivity contribution >= 4 is 35.6 Å². The molecule has 0 amide bonds. The first kappa shape index (κ1) is 20.5. The van der Waals surface area contributed by atoms with E-state index in [2.05, 4.69) is 25.3 Å². The van der Waals surface area contributed by atoms with E-state index in [4.69, 9.17) is 4.52 Å². The van der Waals surface area contributed by atoms with E-state index >= 15 is 0 Å². The molecule has 26 heavy (non-hydrogen) atoms. The Labute approximate surface area is 170 Å². The molecule has 0 radical (unpaired) electrons. The van der Waals surface area contributed by atoms with Crippen LogP contribution in [0.3, 0.4) is 0 Å². The van der Waals surface area contributed by atoms with Crippen LogP contribution in [0.4, 0.5) is 10.1 Å². The summed E-state index contributed by atoms with van der Waals surface area (Å²) in [7, 11) is 1.77. The van der Waals surface area contributed by atoms with Gasteiger partial charge in [-0.1, -0.05) is 24.2 Å². The number of para-hydroxylation sites is 1. The highest BCUT2D eigenvalue weighted by atomic mass is 127. The van der Waals surface area contributed by atoms with Crippen LogP contribution in [-0.4, -0.2) is 49.2 Å². The molecule has 0 bridgehead atoms. The molecule has 1 aromatic carbocycles. The second kappa shape index (κ2) is 9.75. The lowest BCUT2D eigenvalue weighted by Gasteiger charge is -2.37. The second-order valence-electron chi connectivity index (χ2n) is 5.96. The molecule has 8 heteroatoms.